The molecule has 0 aromatic carbocycles. The molecule has 3 heteroatoms. The van der Waals surface area contributed by atoms with Crippen molar-refractivity contribution in [1.82, 2.24) is 0 Å². The van der Waals surface area contributed by atoms with Crippen LogP contribution in [0.15, 0.2) is 23.0 Å². The van der Waals surface area contributed by atoms with Crippen LogP contribution in [0.25, 0.3) is 0 Å². The molecule has 1 aromatic heterocycles. The fourth-order valence-corrected chi connectivity index (χ4v) is 2.11. The normalized spacial score (nSPS) is 27.8. The summed E-state index contributed by atoms with van der Waals surface area (Å²) in [6, 6.07) is 2.01. The van der Waals surface area contributed by atoms with Crippen molar-refractivity contribution in [3.05, 3.63) is 24.2 Å². The summed E-state index contributed by atoms with van der Waals surface area (Å²) < 4.78 is 10.6. The van der Waals surface area contributed by atoms with Gasteiger partial charge in [0.05, 0.1) is 19.1 Å². The van der Waals surface area contributed by atoms with Crippen LogP contribution >= 0.6 is 0 Å². The standard InChI is InChI=1S/C11H17NO2/c12-8-11(3-1-4-14-9-11)6-10-2-5-13-7-10/h2,5,7H,1,3-4,6,8-9,12H2. The van der Waals surface area contributed by atoms with Gasteiger partial charge in [-0.05, 0) is 30.9 Å². The quantitative estimate of drug-likeness (QED) is 0.796. The fraction of sp³-hybridized carbons (Fsp3) is 0.636. The molecular formula is C11H17NO2. The number of hydrogen-bond donors (Lipinski definition) is 1. The Morgan fingerprint density at radius 2 is 2.43 bits per heavy atom. The van der Waals surface area contributed by atoms with E-state index in [1.165, 1.54) is 5.56 Å². The Morgan fingerprint density at radius 3 is 3.00 bits per heavy atom. The second-order valence-electron chi connectivity index (χ2n) is 4.17. The van der Waals surface area contributed by atoms with E-state index >= 15 is 0 Å². The van der Waals surface area contributed by atoms with Gasteiger partial charge in [-0.3, -0.25) is 0 Å². The van der Waals surface area contributed by atoms with Crippen LogP contribution in [0.4, 0.5) is 0 Å². The largest absolute Gasteiger partial charge is 0.472 e. The monoisotopic (exact) mass is 195 g/mol. The molecule has 14 heavy (non-hydrogen) atoms. The molecule has 2 N–H and O–H groups in total. The van der Waals surface area contributed by atoms with Crippen molar-refractivity contribution < 1.29 is 9.15 Å². The summed E-state index contributed by atoms with van der Waals surface area (Å²) >= 11 is 0. The molecule has 0 amide bonds. The molecule has 1 aromatic rings. The Labute approximate surface area is 84.2 Å². The van der Waals surface area contributed by atoms with E-state index in [4.69, 9.17) is 14.9 Å². The van der Waals surface area contributed by atoms with Crippen LogP contribution in [-0.4, -0.2) is 19.8 Å². The third-order valence-electron chi connectivity index (χ3n) is 3.00. The molecule has 1 saturated heterocycles. The Morgan fingerprint density at radius 1 is 1.50 bits per heavy atom. The summed E-state index contributed by atoms with van der Waals surface area (Å²) in [6.07, 6.45) is 6.76. The van der Waals surface area contributed by atoms with Gasteiger partial charge in [0.25, 0.3) is 0 Å². The van der Waals surface area contributed by atoms with Crippen molar-refractivity contribution in [3.8, 4) is 0 Å². The van der Waals surface area contributed by atoms with Crippen LogP contribution in [0.3, 0.4) is 0 Å². The van der Waals surface area contributed by atoms with E-state index in [1.54, 1.807) is 12.5 Å². The van der Waals surface area contributed by atoms with Crippen LogP contribution in [0.5, 0.6) is 0 Å². The Bertz CT molecular complexity index is 263. The first-order chi connectivity index (χ1) is 6.85. The van der Waals surface area contributed by atoms with E-state index in [-0.39, 0.29) is 5.41 Å². The average molecular weight is 195 g/mol. The lowest BCUT2D eigenvalue weighted by Crippen LogP contribution is -2.40. The van der Waals surface area contributed by atoms with E-state index in [2.05, 4.69) is 0 Å². The number of rotatable bonds is 3. The van der Waals surface area contributed by atoms with Gasteiger partial charge in [-0.15, -0.1) is 0 Å². The lowest BCUT2D eigenvalue weighted by molar-refractivity contribution is -0.00269. The molecule has 1 unspecified atom stereocenters. The van der Waals surface area contributed by atoms with Gasteiger partial charge in [-0.1, -0.05) is 0 Å². The van der Waals surface area contributed by atoms with Gasteiger partial charge >= 0.3 is 0 Å². The van der Waals surface area contributed by atoms with E-state index in [0.29, 0.717) is 6.54 Å². The maximum Gasteiger partial charge on any atom is 0.0934 e. The van der Waals surface area contributed by atoms with Gasteiger partial charge in [0.2, 0.25) is 0 Å². The SMILES string of the molecule is NCC1(Cc2ccoc2)CCCOC1. The highest BCUT2D eigenvalue weighted by molar-refractivity contribution is 5.09. The summed E-state index contributed by atoms with van der Waals surface area (Å²) in [5.74, 6) is 0. The molecule has 0 spiro atoms. The van der Waals surface area contributed by atoms with Crippen LogP contribution in [-0.2, 0) is 11.2 Å². The molecule has 2 heterocycles. The van der Waals surface area contributed by atoms with Crippen molar-refractivity contribution in [1.29, 1.82) is 0 Å². The van der Waals surface area contributed by atoms with Gasteiger partial charge in [0.1, 0.15) is 0 Å². The number of ether oxygens (including phenoxy) is 1. The maximum atomic E-state index is 5.84. The summed E-state index contributed by atoms with van der Waals surface area (Å²) in [7, 11) is 0. The second kappa shape index (κ2) is 4.15. The second-order valence-corrected chi connectivity index (χ2v) is 4.17. The van der Waals surface area contributed by atoms with Crippen LogP contribution < -0.4 is 5.73 Å². The third-order valence-corrected chi connectivity index (χ3v) is 3.00. The lowest BCUT2D eigenvalue weighted by Gasteiger charge is -2.35. The number of furan rings is 1. The van der Waals surface area contributed by atoms with E-state index in [9.17, 15) is 0 Å². The van der Waals surface area contributed by atoms with Crippen LogP contribution in [0.1, 0.15) is 18.4 Å². The molecule has 0 bridgehead atoms. The average Bonchev–Trinajstić information content (AvgIpc) is 2.72. The summed E-state index contributed by atoms with van der Waals surface area (Å²) in [4.78, 5) is 0. The van der Waals surface area contributed by atoms with Gasteiger partial charge in [0.15, 0.2) is 0 Å². The predicted molar refractivity (Wildman–Crippen MR) is 54.0 cm³/mol. The molecule has 0 aliphatic carbocycles. The molecule has 78 valence electrons. The fourth-order valence-electron chi connectivity index (χ4n) is 2.11. The lowest BCUT2D eigenvalue weighted by atomic mass is 9.78. The van der Waals surface area contributed by atoms with E-state index < -0.39 is 0 Å². The molecule has 0 saturated carbocycles. The molecule has 2 rings (SSSR count). The Hall–Kier alpha value is -0.800. The zero-order valence-corrected chi connectivity index (χ0v) is 8.37. The van der Waals surface area contributed by atoms with Crippen molar-refractivity contribution in [3.63, 3.8) is 0 Å². The van der Waals surface area contributed by atoms with Crippen LogP contribution in [0.2, 0.25) is 0 Å². The first-order valence-electron chi connectivity index (χ1n) is 5.14. The molecule has 1 aliphatic rings. The molecule has 1 fully saturated rings. The zero-order valence-electron chi connectivity index (χ0n) is 8.37. The number of nitrogens with two attached hydrogens (primary N) is 1. The van der Waals surface area contributed by atoms with Crippen molar-refractivity contribution in [2.75, 3.05) is 19.8 Å². The van der Waals surface area contributed by atoms with Gasteiger partial charge < -0.3 is 14.9 Å². The smallest absolute Gasteiger partial charge is 0.0934 e. The first-order valence-corrected chi connectivity index (χ1v) is 5.14. The van der Waals surface area contributed by atoms with Crippen molar-refractivity contribution >= 4 is 0 Å². The topological polar surface area (TPSA) is 48.4 Å². The molecule has 1 aliphatic heterocycles. The summed E-state index contributed by atoms with van der Waals surface area (Å²) in [5.41, 5.74) is 7.21. The minimum absolute atomic E-state index is 0.141. The minimum Gasteiger partial charge on any atom is -0.472 e. The Balaban J connectivity index is 2.04. The highest BCUT2D eigenvalue weighted by Gasteiger charge is 2.31. The molecule has 1 atom stereocenters. The molecule has 0 radical (unpaired) electrons. The van der Waals surface area contributed by atoms with E-state index in [1.807, 2.05) is 6.07 Å². The van der Waals surface area contributed by atoms with Crippen molar-refractivity contribution in [2.45, 2.75) is 19.3 Å². The highest BCUT2D eigenvalue weighted by Crippen LogP contribution is 2.31. The maximum absolute atomic E-state index is 5.84. The van der Waals surface area contributed by atoms with Gasteiger partial charge in [-0.2, -0.15) is 0 Å². The molecule has 3 nitrogen and oxygen atoms in total. The van der Waals surface area contributed by atoms with Gasteiger partial charge in [-0.25, -0.2) is 0 Å². The summed E-state index contributed by atoms with van der Waals surface area (Å²) in [6.45, 7) is 2.36. The highest BCUT2D eigenvalue weighted by atomic mass is 16.5. The van der Waals surface area contributed by atoms with Gasteiger partial charge in [0, 0.05) is 18.6 Å². The molecular weight excluding hydrogens is 178 g/mol. The minimum atomic E-state index is 0.141. The third kappa shape index (κ3) is 1.99. The predicted octanol–water partition coefficient (Wildman–Crippen LogP) is 1.58. The van der Waals surface area contributed by atoms with Crippen molar-refractivity contribution in [2.24, 2.45) is 11.1 Å². The zero-order chi connectivity index (χ0) is 9.86. The van der Waals surface area contributed by atoms with E-state index in [0.717, 1.165) is 32.5 Å². The first kappa shape index (κ1) is 9.74. The number of hydrogen-bond acceptors (Lipinski definition) is 3. The summed E-state index contributed by atoms with van der Waals surface area (Å²) in [5, 5.41) is 0. The van der Waals surface area contributed by atoms with Crippen LogP contribution in [0, 0.1) is 5.41 Å². The Kier molecular flexibility index (Phi) is 2.89.